The first kappa shape index (κ1) is 11.9. The van der Waals surface area contributed by atoms with Crippen molar-refractivity contribution in [1.82, 2.24) is 4.90 Å². The predicted molar refractivity (Wildman–Crippen MR) is 62.1 cm³/mol. The highest BCUT2D eigenvalue weighted by molar-refractivity contribution is 6.85. The Morgan fingerprint density at radius 3 is 2.40 bits per heavy atom. The summed E-state index contributed by atoms with van der Waals surface area (Å²) in [6.07, 6.45) is 0.215. The fraction of sp³-hybridized carbons (Fsp3) is 0.364. The van der Waals surface area contributed by atoms with Crippen LogP contribution in [0.5, 0.6) is 0 Å². The summed E-state index contributed by atoms with van der Waals surface area (Å²) in [5.74, 6) is -0.0951. The summed E-state index contributed by atoms with van der Waals surface area (Å²) in [4.78, 5) is 12.5. The monoisotopic (exact) mass is 225 g/mol. The number of benzene rings is 1. The molecular weight excluding hydrogens is 209 g/mol. The maximum Gasteiger partial charge on any atom is 0.293 e. The Kier molecular flexibility index (Phi) is 3.63. The van der Waals surface area contributed by atoms with Crippen LogP contribution in [0.15, 0.2) is 30.3 Å². The molecule has 0 aromatic heterocycles. The lowest BCUT2D eigenvalue weighted by Gasteiger charge is -2.24. The van der Waals surface area contributed by atoms with Gasteiger partial charge in [-0.05, 0) is 11.7 Å². The molecule has 0 aliphatic rings. The minimum Gasteiger partial charge on any atom is -0.346 e. The summed E-state index contributed by atoms with van der Waals surface area (Å²) in [6, 6.07) is 9.10. The molecule has 0 radical (unpaired) electrons. The number of carbonyl (C=O) groups excluding carboxylic acids is 1. The third-order valence-electron chi connectivity index (χ3n) is 2.45. The Hall–Kier alpha value is -1.16. The summed E-state index contributed by atoms with van der Waals surface area (Å²) >= 11 is 0. The molecule has 0 heterocycles. The van der Waals surface area contributed by atoms with Crippen LogP contribution in [0.25, 0.3) is 0 Å². The van der Waals surface area contributed by atoms with Crippen LogP contribution in [-0.4, -0.2) is 32.4 Å². The molecule has 2 nitrogen and oxygen atoms in total. The molecule has 1 aromatic carbocycles. The second-order valence-corrected chi connectivity index (χ2v) is 7.23. The van der Waals surface area contributed by atoms with E-state index in [0.29, 0.717) is 0 Å². The van der Waals surface area contributed by atoms with Gasteiger partial charge < -0.3 is 9.01 Å². The lowest BCUT2D eigenvalue weighted by molar-refractivity contribution is -0.126. The average Bonchev–Trinajstić information content (AvgIpc) is 2.18. The maximum absolute atomic E-state index is 14.4. The van der Waals surface area contributed by atoms with Crippen LogP contribution in [-0.2, 0) is 4.79 Å². The van der Waals surface area contributed by atoms with E-state index in [1.165, 1.54) is 11.8 Å². The van der Waals surface area contributed by atoms with Gasteiger partial charge in [0.15, 0.2) is 0 Å². The van der Waals surface area contributed by atoms with Crippen molar-refractivity contribution in [2.75, 3.05) is 13.2 Å². The van der Waals surface area contributed by atoms with Gasteiger partial charge in [0.1, 0.15) is 0 Å². The zero-order chi connectivity index (χ0) is 11.5. The molecule has 0 aliphatic carbocycles. The van der Waals surface area contributed by atoms with Gasteiger partial charge in [-0.25, -0.2) is 0 Å². The van der Waals surface area contributed by atoms with Gasteiger partial charge in [0.05, 0.1) is 0 Å². The van der Waals surface area contributed by atoms with Gasteiger partial charge >= 0.3 is 0 Å². The Balaban J connectivity index is 2.80. The molecule has 1 amide bonds. The third kappa shape index (κ3) is 3.16. The molecule has 15 heavy (non-hydrogen) atoms. The second kappa shape index (κ2) is 4.57. The van der Waals surface area contributed by atoms with Crippen molar-refractivity contribution in [3.8, 4) is 0 Å². The van der Waals surface area contributed by atoms with Crippen LogP contribution >= 0.6 is 0 Å². The Morgan fingerprint density at radius 2 is 1.93 bits per heavy atom. The number of rotatable bonds is 3. The van der Waals surface area contributed by atoms with Gasteiger partial charge in [0.2, 0.25) is 5.91 Å². The van der Waals surface area contributed by atoms with E-state index in [4.69, 9.17) is 0 Å². The van der Waals surface area contributed by atoms with Gasteiger partial charge in [-0.2, -0.15) is 0 Å². The minimum absolute atomic E-state index is 0.0951. The van der Waals surface area contributed by atoms with Crippen molar-refractivity contribution in [3.05, 3.63) is 30.3 Å². The first-order chi connectivity index (χ1) is 6.93. The van der Waals surface area contributed by atoms with Crippen LogP contribution < -0.4 is 5.19 Å². The lowest BCUT2D eigenvalue weighted by Crippen LogP contribution is -2.51. The maximum atomic E-state index is 14.4. The Morgan fingerprint density at radius 1 is 1.40 bits per heavy atom. The van der Waals surface area contributed by atoms with Crippen molar-refractivity contribution in [1.29, 1.82) is 0 Å². The van der Waals surface area contributed by atoms with E-state index in [2.05, 4.69) is 0 Å². The van der Waals surface area contributed by atoms with E-state index in [1.807, 2.05) is 18.2 Å². The SMILES string of the molecule is CC(=O)N(C)C[Si](C)(F)c1ccccc1. The van der Waals surface area contributed by atoms with Crippen molar-refractivity contribution in [2.45, 2.75) is 13.5 Å². The van der Waals surface area contributed by atoms with Crippen LogP contribution in [0.2, 0.25) is 6.55 Å². The molecule has 4 heteroatoms. The molecule has 1 unspecified atom stereocenters. The summed E-state index contributed by atoms with van der Waals surface area (Å²) < 4.78 is 14.4. The molecule has 0 saturated heterocycles. The van der Waals surface area contributed by atoms with Crippen molar-refractivity contribution >= 4 is 19.5 Å². The van der Waals surface area contributed by atoms with E-state index in [9.17, 15) is 8.90 Å². The van der Waals surface area contributed by atoms with Crippen molar-refractivity contribution in [3.63, 3.8) is 0 Å². The van der Waals surface area contributed by atoms with Gasteiger partial charge in [0, 0.05) is 20.1 Å². The van der Waals surface area contributed by atoms with Gasteiger partial charge in [-0.3, -0.25) is 4.79 Å². The zero-order valence-corrected chi connectivity index (χ0v) is 10.3. The van der Waals surface area contributed by atoms with Crippen LogP contribution in [0, 0.1) is 0 Å². The molecule has 82 valence electrons. The fourth-order valence-corrected chi connectivity index (χ4v) is 3.62. The highest BCUT2D eigenvalue weighted by Crippen LogP contribution is 2.07. The van der Waals surface area contributed by atoms with Crippen LogP contribution in [0.3, 0.4) is 0 Å². The highest BCUT2D eigenvalue weighted by Gasteiger charge is 2.32. The number of amides is 1. The topological polar surface area (TPSA) is 20.3 Å². The highest BCUT2D eigenvalue weighted by atomic mass is 28.4. The smallest absolute Gasteiger partial charge is 0.293 e. The van der Waals surface area contributed by atoms with E-state index in [0.717, 1.165) is 5.19 Å². The number of nitrogens with zero attached hydrogens (tertiary/aromatic N) is 1. The molecule has 1 aromatic rings. The number of hydrogen-bond donors (Lipinski definition) is 0. The van der Waals surface area contributed by atoms with E-state index in [1.54, 1.807) is 25.7 Å². The molecular formula is C11H16FNOSi. The Labute approximate surface area is 90.9 Å². The summed E-state index contributed by atoms with van der Waals surface area (Å²) in [5, 5.41) is 0.734. The minimum atomic E-state index is -3.00. The fourth-order valence-electron chi connectivity index (χ4n) is 1.43. The Bertz CT molecular complexity index is 340. The summed E-state index contributed by atoms with van der Waals surface area (Å²) in [7, 11) is -1.37. The van der Waals surface area contributed by atoms with Gasteiger partial charge in [-0.15, -0.1) is 0 Å². The standard InChI is InChI=1S/C11H16FNOSi/c1-10(14)13(2)9-15(3,12)11-7-5-4-6-8-11/h4-8H,9H2,1-3H3. The molecule has 0 aliphatic heterocycles. The van der Waals surface area contributed by atoms with E-state index in [-0.39, 0.29) is 12.1 Å². The molecule has 0 saturated carbocycles. The average molecular weight is 225 g/mol. The second-order valence-electron chi connectivity index (χ2n) is 3.94. The van der Waals surface area contributed by atoms with Gasteiger partial charge in [-0.1, -0.05) is 30.3 Å². The van der Waals surface area contributed by atoms with Crippen LogP contribution in [0.1, 0.15) is 6.92 Å². The molecule has 1 rings (SSSR count). The van der Waals surface area contributed by atoms with Gasteiger partial charge in [0.25, 0.3) is 8.41 Å². The normalized spacial score (nSPS) is 14.4. The summed E-state index contributed by atoms with van der Waals surface area (Å²) in [6.45, 7) is 3.08. The van der Waals surface area contributed by atoms with E-state index < -0.39 is 8.41 Å². The molecule has 0 spiro atoms. The molecule has 0 fully saturated rings. The van der Waals surface area contributed by atoms with Crippen molar-refractivity contribution in [2.24, 2.45) is 0 Å². The van der Waals surface area contributed by atoms with Crippen molar-refractivity contribution < 1.29 is 8.90 Å². The first-order valence-electron chi connectivity index (χ1n) is 4.89. The predicted octanol–water partition coefficient (Wildman–Crippen LogP) is 1.46. The number of halogens is 1. The largest absolute Gasteiger partial charge is 0.346 e. The van der Waals surface area contributed by atoms with Crippen LogP contribution in [0.4, 0.5) is 4.11 Å². The zero-order valence-electron chi connectivity index (χ0n) is 9.33. The molecule has 1 atom stereocenters. The lowest BCUT2D eigenvalue weighted by atomic mass is 10.4. The quantitative estimate of drug-likeness (QED) is 0.563. The molecule has 0 bridgehead atoms. The molecule has 0 N–H and O–H groups in total. The summed E-state index contributed by atoms with van der Waals surface area (Å²) in [5.41, 5.74) is 0. The number of carbonyl (C=O) groups is 1. The number of hydrogen-bond acceptors (Lipinski definition) is 1. The van der Waals surface area contributed by atoms with E-state index >= 15 is 0 Å². The first-order valence-corrected chi connectivity index (χ1v) is 7.48. The third-order valence-corrected chi connectivity index (χ3v) is 5.05.